The van der Waals surface area contributed by atoms with Crippen molar-refractivity contribution >= 4 is 23.1 Å². The molecule has 0 bridgehead atoms. The average Bonchev–Trinajstić information content (AvgIpc) is 2.26. The molecule has 0 aliphatic carbocycles. The van der Waals surface area contributed by atoms with Gasteiger partial charge in [-0.1, -0.05) is 11.6 Å². The van der Waals surface area contributed by atoms with Crippen LogP contribution in [0.2, 0.25) is 5.15 Å². The van der Waals surface area contributed by atoms with E-state index in [9.17, 15) is 13.2 Å². The number of nitrogens with zero attached hydrogens (tertiary/aromatic N) is 2. The summed E-state index contributed by atoms with van der Waals surface area (Å²) in [5, 5.41) is 2.54. The largest absolute Gasteiger partial charge is 0.336 e. The second kappa shape index (κ2) is 4.58. The minimum atomic E-state index is -1.26. The van der Waals surface area contributed by atoms with Gasteiger partial charge in [0.1, 0.15) is 11.0 Å². The number of aromatic nitrogens is 2. The first-order chi connectivity index (χ1) is 8.06. The molecule has 1 aromatic carbocycles. The molecule has 0 aliphatic rings. The standard InChI is InChI=1S/C10H5ClF3N3/c11-9-3-15-4-10(17-9)16-8-2-6(13)5(12)1-7(8)14/h1-4H,(H,16,17). The van der Waals surface area contributed by atoms with E-state index in [-0.39, 0.29) is 16.7 Å². The second-order valence-electron chi connectivity index (χ2n) is 3.10. The molecule has 3 nitrogen and oxygen atoms in total. The van der Waals surface area contributed by atoms with Gasteiger partial charge in [-0.3, -0.25) is 4.98 Å². The molecule has 0 amide bonds. The maximum atomic E-state index is 13.3. The van der Waals surface area contributed by atoms with Crippen LogP contribution in [-0.4, -0.2) is 9.97 Å². The van der Waals surface area contributed by atoms with Crippen LogP contribution in [0.15, 0.2) is 24.5 Å². The molecule has 0 saturated carbocycles. The first kappa shape index (κ1) is 11.7. The molecule has 0 aliphatic heterocycles. The third-order valence-corrected chi connectivity index (χ3v) is 2.06. The van der Waals surface area contributed by atoms with Gasteiger partial charge in [0.15, 0.2) is 17.5 Å². The van der Waals surface area contributed by atoms with Gasteiger partial charge in [0, 0.05) is 12.1 Å². The molecule has 1 heterocycles. The van der Waals surface area contributed by atoms with Crippen LogP contribution in [0.1, 0.15) is 0 Å². The molecule has 0 radical (unpaired) electrons. The lowest BCUT2D eigenvalue weighted by molar-refractivity contribution is 0.496. The van der Waals surface area contributed by atoms with Crippen LogP contribution in [0.25, 0.3) is 0 Å². The molecule has 2 aromatic rings. The van der Waals surface area contributed by atoms with Gasteiger partial charge in [0.05, 0.1) is 18.1 Å². The second-order valence-corrected chi connectivity index (χ2v) is 3.49. The predicted molar refractivity (Wildman–Crippen MR) is 56.6 cm³/mol. The average molecular weight is 260 g/mol. The maximum Gasteiger partial charge on any atom is 0.161 e. The molecule has 7 heteroatoms. The topological polar surface area (TPSA) is 37.8 Å². The van der Waals surface area contributed by atoms with E-state index in [1.807, 2.05) is 0 Å². The van der Waals surface area contributed by atoms with Crippen LogP contribution in [0, 0.1) is 17.5 Å². The summed E-state index contributed by atoms with van der Waals surface area (Å²) in [7, 11) is 0. The van der Waals surface area contributed by atoms with E-state index in [4.69, 9.17) is 11.6 Å². The highest BCUT2D eigenvalue weighted by atomic mass is 35.5. The highest BCUT2D eigenvalue weighted by molar-refractivity contribution is 6.29. The highest BCUT2D eigenvalue weighted by Crippen LogP contribution is 2.21. The first-order valence-electron chi connectivity index (χ1n) is 4.45. The zero-order chi connectivity index (χ0) is 12.4. The van der Waals surface area contributed by atoms with Gasteiger partial charge in [-0.15, -0.1) is 0 Å². The molecule has 0 unspecified atom stereocenters. The van der Waals surface area contributed by atoms with E-state index in [2.05, 4.69) is 15.3 Å². The fourth-order valence-corrected chi connectivity index (χ4v) is 1.31. The molecule has 17 heavy (non-hydrogen) atoms. The first-order valence-corrected chi connectivity index (χ1v) is 4.83. The van der Waals surface area contributed by atoms with E-state index in [0.717, 1.165) is 0 Å². The summed E-state index contributed by atoms with van der Waals surface area (Å²) in [4.78, 5) is 7.47. The maximum absolute atomic E-state index is 13.3. The van der Waals surface area contributed by atoms with Crippen molar-refractivity contribution < 1.29 is 13.2 Å². The lowest BCUT2D eigenvalue weighted by Crippen LogP contribution is -1.99. The van der Waals surface area contributed by atoms with Crippen molar-refractivity contribution in [3.05, 3.63) is 47.1 Å². The minimum Gasteiger partial charge on any atom is -0.336 e. The highest BCUT2D eigenvalue weighted by Gasteiger charge is 2.10. The molecule has 0 saturated heterocycles. The number of benzene rings is 1. The molecular weight excluding hydrogens is 255 g/mol. The lowest BCUT2D eigenvalue weighted by Gasteiger charge is -2.06. The molecular formula is C10H5ClF3N3. The van der Waals surface area contributed by atoms with E-state index in [1.165, 1.54) is 12.4 Å². The molecule has 0 fully saturated rings. The molecule has 0 spiro atoms. The Morgan fingerprint density at radius 2 is 1.71 bits per heavy atom. The summed E-state index contributed by atoms with van der Waals surface area (Å²) >= 11 is 5.57. The van der Waals surface area contributed by atoms with Gasteiger partial charge in [-0.2, -0.15) is 0 Å². The van der Waals surface area contributed by atoms with Crippen molar-refractivity contribution in [2.45, 2.75) is 0 Å². The number of halogens is 4. The third kappa shape index (κ3) is 2.65. The Morgan fingerprint density at radius 1 is 1.00 bits per heavy atom. The Hall–Kier alpha value is -1.82. The molecule has 88 valence electrons. The monoisotopic (exact) mass is 259 g/mol. The van der Waals surface area contributed by atoms with Crippen LogP contribution in [-0.2, 0) is 0 Å². The Balaban J connectivity index is 2.33. The van der Waals surface area contributed by atoms with Crippen LogP contribution in [0.3, 0.4) is 0 Å². The summed E-state index contributed by atoms with van der Waals surface area (Å²) in [6.07, 6.45) is 2.56. The van der Waals surface area contributed by atoms with Crippen molar-refractivity contribution in [2.24, 2.45) is 0 Å². The number of hydrogen-bond acceptors (Lipinski definition) is 3. The Morgan fingerprint density at radius 3 is 2.41 bits per heavy atom. The van der Waals surface area contributed by atoms with Gasteiger partial charge in [0.25, 0.3) is 0 Å². The van der Waals surface area contributed by atoms with Crippen molar-refractivity contribution in [3.8, 4) is 0 Å². The van der Waals surface area contributed by atoms with Crippen molar-refractivity contribution in [2.75, 3.05) is 5.32 Å². The summed E-state index contributed by atoms with van der Waals surface area (Å²) in [5.74, 6) is -3.23. The predicted octanol–water partition coefficient (Wildman–Crippen LogP) is 3.29. The summed E-state index contributed by atoms with van der Waals surface area (Å²) in [5.41, 5.74) is -0.250. The summed E-state index contributed by atoms with van der Waals surface area (Å²) < 4.78 is 38.8. The smallest absolute Gasteiger partial charge is 0.161 e. The van der Waals surface area contributed by atoms with Gasteiger partial charge in [0.2, 0.25) is 0 Å². The molecule has 1 N–H and O–H groups in total. The van der Waals surface area contributed by atoms with Crippen molar-refractivity contribution in [1.29, 1.82) is 0 Å². The summed E-state index contributed by atoms with van der Waals surface area (Å²) in [6.45, 7) is 0. The van der Waals surface area contributed by atoms with E-state index in [0.29, 0.717) is 12.1 Å². The van der Waals surface area contributed by atoms with Gasteiger partial charge in [-0.25, -0.2) is 18.2 Å². The molecule has 0 atom stereocenters. The van der Waals surface area contributed by atoms with Crippen LogP contribution >= 0.6 is 11.6 Å². The van der Waals surface area contributed by atoms with E-state index >= 15 is 0 Å². The zero-order valence-electron chi connectivity index (χ0n) is 8.22. The molecule has 1 aromatic heterocycles. The van der Waals surface area contributed by atoms with Gasteiger partial charge >= 0.3 is 0 Å². The van der Waals surface area contributed by atoms with E-state index in [1.54, 1.807) is 0 Å². The molecule has 2 rings (SSSR count). The number of rotatable bonds is 2. The fourth-order valence-electron chi connectivity index (χ4n) is 1.16. The fraction of sp³-hybridized carbons (Fsp3) is 0. The third-order valence-electron chi connectivity index (χ3n) is 1.88. The quantitative estimate of drug-likeness (QED) is 0.841. The van der Waals surface area contributed by atoms with Crippen molar-refractivity contribution in [3.63, 3.8) is 0 Å². The Kier molecular flexibility index (Phi) is 3.14. The summed E-state index contributed by atoms with van der Waals surface area (Å²) in [6, 6.07) is 1.13. The number of hydrogen-bond donors (Lipinski definition) is 1. The van der Waals surface area contributed by atoms with Crippen molar-refractivity contribution in [1.82, 2.24) is 9.97 Å². The Labute approximate surface area is 99.3 Å². The lowest BCUT2D eigenvalue weighted by atomic mass is 10.3. The number of anilines is 2. The normalized spacial score (nSPS) is 10.4. The van der Waals surface area contributed by atoms with Crippen LogP contribution in [0.4, 0.5) is 24.7 Å². The van der Waals surface area contributed by atoms with E-state index < -0.39 is 17.5 Å². The zero-order valence-corrected chi connectivity index (χ0v) is 8.97. The van der Waals surface area contributed by atoms with Gasteiger partial charge < -0.3 is 5.32 Å². The SMILES string of the molecule is Fc1cc(F)c(Nc2cncc(Cl)n2)cc1F. The Bertz CT molecular complexity index is 562. The van der Waals surface area contributed by atoms with Crippen LogP contribution in [0.5, 0.6) is 0 Å². The van der Waals surface area contributed by atoms with Gasteiger partial charge in [-0.05, 0) is 0 Å². The van der Waals surface area contributed by atoms with Crippen LogP contribution < -0.4 is 5.32 Å². The minimum absolute atomic E-state index is 0.0954. The number of nitrogens with one attached hydrogen (secondary N) is 1.